The highest BCUT2D eigenvalue weighted by atomic mass is 32.1. The van der Waals surface area contributed by atoms with E-state index < -0.39 is 0 Å². The van der Waals surface area contributed by atoms with Gasteiger partial charge in [-0.15, -0.1) is 11.3 Å². The number of amides is 3. The van der Waals surface area contributed by atoms with Gasteiger partial charge in [-0.3, -0.25) is 19.3 Å². The zero-order chi connectivity index (χ0) is 19.8. The van der Waals surface area contributed by atoms with Crippen LogP contribution in [0.15, 0.2) is 24.3 Å². The van der Waals surface area contributed by atoms with Crippen molar-refractivity contribution in [1.29, 1.82) is 5.26 Å². The Morgan fingerprint density at radius 3 is 2.61 bits per heavy atom. The number of fused-ring (bicyclic) bond motifs is 2. The van der Waals surface area contributed by atoms with Gasteiger partial charge in [0, 0.05) is 17.8 Å². The van der Waals surface area contributed by atoms with Crippen LogP contribution in [0, 0.1) is 17.2 Å². The molecule has 6 nitrogen and oxygen atoms in total. The predicted molar refractivity (Wildman–Crippen MR) is 105 cm³/mol. The van der Waals surface area contributed by atoms with Gasteiger partial charge in [0.05, 0.1) is 16.7 Å². The summed E-state index contributed by atoms with van der Waals surface area (Å²) in [5.74, 6) is -0.465. The van der Waals surface area contributed by atoms with Gasteiger partial charge < -0.3 is 5.32 Å². The first-order valence-electron chi connectivity index (χ1n) is 9.29. The van der Waals surface area contributed by atoms with Gasteiger partial charge >= 0.3 is 0 Å². The van der Waals surface area contributed by atoms with Crippen LogP contribution in [0.4, 0.5) is 5.00 Å². The Labute approximate surface area is 166 Å². The number of hydrogen-bond acceptors (Lipinski definition) is 5. The molecule has 2 aromatic rings. The largest absolute Gasteiger partial charge is 0.317 e. The van der Waals surface area contributed by atoms with Crippen LogP contribution in [0.5, 0.6) is 0 Å². The van der Waals surface area contributed by atoms with E-state index in [-0.39, 0.29) is 30.7 Å². The lowest BCUT2D eigenvalue weighted by Crippen LogP contribution is -2.32. The first-order chi connectivity index (χ1) is 13.5. The highest BCUT2D eigenvalue weighted by Gasteiger charge is 2.35. The lowest BCUT2D eigenvalue weighted by Gasteiger charge is -2.17. The number of benzene rings is 1. The second-order valence-corrected chi connectivity index (χ2v) is 8.38. The number of imide groups is 1. The van der Waals surface area contributed by atoms with E-state index in [0.29, 0.717) is 27.6 Å². The minimum Gasteiger partial charge on any atom is -0.317 e. The van der Waals surface area contributed by atoms with Gasteiger partial charge in [0.25, 0.3) is 11.8 Å². The number of carbonyl (C=O) groups is 3. The second kappa shape index (κ2) is 7.21. The lowest BCUT2D eigenvalue weighted by molar-refractivity contribution is -0.116. The van der Waals surface area contributed by atoms with Crippen LogP contribution in [0.3, 0.4) is 0 Å². The van der Waals surface area contributed by atoms with Crippen molar-refractivity contribution in [3.8, 4) is 6.07 Å². The SMILES string of the molecule is C[C@H]1CCc2c(sc(NC(=O)CCN3C(=O)c4ccccc4C3=O)c2C#N)C1. The first kappa shape index (κ1) is 18.4. The van der Waals surface area contributed by atoms with E-state index in [2.05, 4.69) is 18.3 Å². The molecule has 1 atom stereocenters. The number of rotatable bonds is 4. The number of thiophene rings is 1. The number of carbonyl (C=O) groups excluding carboxylic acids is 3. The number of nitrogens with one attached hydrogen (secondary N) is 1. The minimum atomic E-state index is -0.369. The Kier molecular flexibility index (Phi) is 4.73. The van der Waals surface area contributed by atoms with Crippen molar-refractivity contribution in [1.82, 2.24) is 4.90 Å². The molecule has 1 aromatic carbocycles. The topological polar surface area (TPSA) is 90.3 Å². The van der Waals surface area contributed by atoms with E-state index in [1.807, 2.05) is 0 Å². The van der Waals surface area contributed by atoms with E-state index in [1.165, 1.54) is 16.2 Å². The molecule has 0 bridgehead atoms. The Bertz CT molecular complexity index is 999. The van der Waals surface area contributed by atoms with Crippen molar-refractivity contribution in [2.45, 2.75) is 32.6 Å². The summed E-state index contributed by atoms with van der Waals surface area (Å²) >= 11 is 1.47. The summed E-state index contributed by atoms with van der Waals surface area (Å²) in [6.07, 6.45) is 2.83. The molecule has 28 heavy (non-hydrogen) atoms. The molecule has 3 amide bonds. The summed E-state index contributed by atoms with van der Waals surface area (Å²) in [5, 5.41) is 12.9. The first-order valence-corrected chi connectivity index (χ1v) is 10.1. The fraction of sp³-hybridized carbons (Fsp3) is 0.333. The summed E-state index contributed by atoms with van der Waals surface area (Å²) in [5.41, 5.74) is 2.36. The summed E-state index contributed by atoms with van der Waals surface area (Å²) in [6, 6.07) is 8.88. The molecule has 1 N–H and O–H groups in total. The molecule has 1 aliphatic carbocycles. The maximum atomic E-state index is 12.4. The van der Waals surface area contributed by atoms with Crippen LogP contribution in [0.2, 0.25) is 0 Å². The standard InChI is InChI=1S/C21H19N3O3S/c1-12-6-7-13-16(11-22)19(28-17(13)10-12)23-18(25)8-9-24-20(26)14-4-2-3-5-15(14)21(24)27/h2-5,12H,6-10H2,1H3,(H,23,25)/t12-/m0/s1. The van der Waals surface area contributed by atoms with E-state index in [4.69, 9.17) is 0 Å². The third-order valence-corrected chi connectivity index (χ3v) is 6.49. The van der Waals surface area contributed by atoms with Crippen molar-refractivity contribution in [3.63, 3.8) is 0 Å². The monoisotopic (exact) mass is 393 g/mol. The summed E-state index contributed by atoms with van der Waals surface area (Å²) in [6.45, 7) is 2.21. The normalized spacial score (nSPS) is 17.9. The molecule has 0 saturated heterocycles. The van der Waals surface area contributed by atoms with Crippen LogP contribution in [-0.4, -0.2) is 29.2 Å². The summed E-state index contributed by atoms with van der Waals surface area (Å²) < 4.78 is 0. The zero-order valence-electron chi connectivity index (χ0n) is 15.4. The Morgan fingerprint density at radius 2 is 1.96 bits per heavy atom. The summed E-state index contributed by atoms with van der Waals surface area (Å²) in [4.78, 5) is 39.5. The van der Waals surface area contributed by atoms with Crippen molar-refractivity contribution in [2.24, 2.45) is 5.92 Å². The van der Waals surface area contributed by atoms with Crippen LogP contribution < -0.4 is 5.32 Å². The maximum Gasteiger partial charge on any atom is 0.261 e. The molecule has 7 heteroatoms. The van der Waals surface area contributed by atoms with Gasteiger partial charge in [-0.1, -0.05) is 19.1 Å². The highest BCUT2D eigenvalue weighted by Crippen LogP contribution is 2.39. The molecule has 1 aromatic heterocycles. The molecule has 4 rings (SSSR count). The fourth-order valence-corrected chi connectivity index (χ4v) is 5.18. The quantitative estimate of drug-likeness (QED) is 0.807. The van der Waals surface area contributed by atoms with E-state index in [9.17, 15) is 19.6 Å². The van der Waals surface area contributed by atoms with Gasteiger partial charge in [-0.25, -0.2) is 0 Å². The number of nitriles is 1. The van der Waals surface area contributed by atoms with Crippen LogP contribution in [-0.2, 0) is 17.6 Å². The molecule has 2 aliphatic rings. The fourth-order valence-electron chi connectivity index (χ4n) is 3.80. The molecule has 0 spiro atoms. The van der Waals surface area contributed by atoms with E-state index in [1.54, 1.807) is 24.3 Å². The molecule has 0 radical (unpaired) electrons. The molecule has 0 fully saturated rings. The van der Waals surface area contributed by atoms with Crippen molar-refractivity contribution in [3.05, 3.63) is 51.4 Å². The lowest BCUT2D eigenvalue weighted by atomic mass is 9.89. The van der Waals surface area contributed by atoms with Gasteiger partial charge in [0.15, 0.2) is 0 Å². The number of nitrogens with zero attached hydrogens (tertiary/aromatic N) is 2. The second-order valence-electron chi connectivity index (χ2n) is 7.27. The number of hydrogen-bond donors (Lipinski definition) is 1. The van der Waals surface area contributed by atoms with Crippen molar-refractivity contribution >= 4 is 34.1 Å². The van der Waals surface area contributed by atoms with Gasteiger partial charge in [-0.2, -0.15) is 5.26 Å². The summed E-state index contributed by atoms with van der Waals surface area (Å²) in [7, 11) is 0. The van der Waals surface area contributed by atoms with Gasteiger partial charge in [0.2, 0.25) is 5.91 Å². The molecular weight excluding hydrogens is 374 g/mol. The highest BCUT2D eigenvalue weighted by molar-refractivity contribution is 7.16. The smallest absolute Gasteiger partial charge is 0.261 e. The molecule has 142 valence electrons. The predicted octanol–water partition coefficient (Wildman–Crippen LogP) is 3.37. The Hall–Kier alpha value is -2.98. The molecule has 1 aliphatic heterocycles. The molecule has 2 heterocycles. The molecule has 0 saturated carbocycles. The maximum absolute atomic E-state index is 12.4. The third-order valence-electron chi connectivity index (χ3n) is 5.32. The van der Waals surface area contributed by atoms with Gasteiger partial charge in [0.1, 0.15) is 11.1 Å². The van der Waals surface area contributed by atoms with Crippen LogP contribution >= 0.6 is 11.3 Å². The van der Waals surface area contributed by atoms with Gasteiger partial charge in [-0.05, 0) is 42.9 Å². The minimum absolute atomic E-state index is 0.00466. The molecule has 0 unspecified atom stereocenters. The Morgan fingerprint density at radius 1 is 1.29 bits per heavy atom. The van der Waals surface area contributed by atoms with Crippen molar-refractivity contribution in [2.75, 3.05) is 11.9 Å². The van der Waals surface area contributed by atoms with Crippen LogP contribution in [0.1, 0.15) is 56.5 Å². The zero-order valence-corrected chi connectivity index (χ0v) is 16.3. The average molecular weight is 393 g/mol. The van der Waals surface area contributed by atoms with E-state index in [0.717, 1.165) is 29.7 Å². The third kappa shape index (κ3) is 3.10. The number of anilines is 1. The van der Waals surface area contributed by atoms with Crippen molar-refractivity contribution < 1.29 is 14.4 Å². The van der Waals surface area contributed by atoms with Crippen LogP contribution in [0.25, 0.3) is 0 Å². The average Bonchev–Trinajstić information content (AvgIpc) is 3.14. The molecular formula is C21H19N3O3S. The Balaban J connectivity index is 1.43. The van der Waals surface area contributed by atoms with E-state index >= 15 is 0 Å².